The number of aromatic amines is 1. The van der Waals surface area contributed by atoms with Gasteiger partial charge in [0.25, 0.3) is 0 Å². The molecule has 0 aliphatic carbocycles. The molecular weight excluding hydrogens is 364 g/mol. The smallest absolute Gasteiger partial charge is 0.355 e. The molecule has 3 aromatic rings. The Kier molecular flexibility index (Phi) is 5.71. The number of thiazole rings is 1. The Labute approximate surface area is 161 Å². The quantitative estimate of drug-likeness (QED) is 0.641. The summed E-state index contributed by atoms with van der Waals surface area (Å²) in [5.74, 6) is -0.977. The maximum absolute atomic E-state index is 12.4. The maximum atomic E-state index is 12.4. The molecule has 0 amide bonds. The fourth-order valence-corrected chi connectivity index (χ4v) is 3.57. The second kappa shape index (κ2) is 8.18. The van der Waals surface area contributed by atoms with Crippen LogP contribution in [0.2, 0.25) is 0 Å². The highest BCUT2D eigenvalue weighted by molar-refractivity contribution is 7.13. The monoisotopic (exact) mass is 384 g/mol. The number of hydrogen-bond acceptors (Lipinski definition) is 6. The first-order valence-corrected chi connectivity index (χ1v) is 9.42. The first-order valence-electron chi connectivity index (χ1n) is 8.54. The van der Waals surface area contributed by atoms with Crippen LogP contribution < -0.4 is 0 Å². The predicted molar refractivity (Wildman–Crippen MR) is 103 cm³/mol. The molecule has 3 rings (SSSR count). The van der Waals surface area contributed by atoms with Crippen LogP contribution in [0, 0.1) is 13.8 Å². The lowest BCUT2D eigenvalue weighted by Crippen LogP contribution is -2.09. The van der Waals surface area contributed by atoms with Gasteiger partial charge >= 0.3 is 11.9 Å². The summed E-state index contributed by atoms with van der Waals surface area (Å²) in [7, 11) is 0. The second-order valence-corrected chi connectivity index (χ2v) is 6.79. The summed E-state index contributed by atoms with van der Waals surface area (Å²) < 4.78 is 10.4. The molecule has 0 saturated heterocycles. The topological polar surface area (TPSA) is 81.3 Å². The van der Waals surface area contributed by atoms with Crippen molar-refractivity contribution in [1.82, 2.24) is 9.97 Å². The number of aryl methyl sites for hydroxylation is 1. The SMILES string of the molecule is CCOC(=O)c1c(C)[nH]c(C(=O)OCc2csc(-c3ccccc3)n2)c1C. The van der Waals surface area contributed by atoms with Crippen LogP contribution in [0.25, 0.3) is 10.6 Å². The van der Waals surface area contributed by atoms with Gasteiger partial charge in [-0.05, 0) is 26.3 Å². The van der Waals surface area contributed by atoms with Gasteiger partial charge in [-0.2, -0.15) is 0 Å². The van der Waals surface area contributed by atoms with Crippen LogP contribution in [0.4, 0.5) is 0 Å². The first kappa shape index (κ1) is 18.8. The van der Waals surface area contributed by atoms with Crippen LogP contribution in [-0.2, 0) is 16.1 Å². The molecule has 6 nitrogen and oxygen atoms in total. The summed E-state index contributed by atoms with van der Waals surface area (Å²) in [4.78, 5) is 31.9. The van der Waals surface area contributed by atoms with E-state index in [2.05, 4.69) is 9.97 Å². The molecule has 2 heterocycles. The van der Waals surface area contributed by atoms with Crippen LogP contribution in [0.15, 0.2) is 35.7 Å². The van der Waals surface area contributed by atoms with E-state index in [1.165, 1.54) is 11.3 Å². The minimum absolute atomic E-state index is 0.0639. The van der Waals surface area contributed by atoms with Crippen molar-refractivity contribution in [2.24, 2.45) is 0 Å². The molecule has 0 atom stereocenters. The highest BCUT2D eigenvalue weighted by Gasteiger charge is 2.23. The van der Waals surface area contributed by atoms with Gasteiger partial charge in [-0.1, -0.05) is 30.3 Å². The van der Waals surface area contributed by atoms with Gasteiger partial charge < -0.3 is 14.5 Å². The molecular formula is C20H20N2O4S. The number of esters is 2. The Morgan fingerprint density at radius 2 is 1.85 bits per heavy atom. The molecule has 7 heteroatoms. The van der Waals surface area contributed by atoms with E-state index in [9.17, 15) is 9.59 Å². The highest BCUT2D eigenvalue weighted by atomic mass is 32.1. The van der Waals surface area contributed by atoms with Gasteiger partial charge in [0.1, 0.15) is 17.3 Å². The van der Waals surface area contributed by atoms with Gasteiger partial charge in [-0.3, -0.25) is 0 Å². The number of benzene rings is 1. The molecule has 0 unspecified atom stereocenters. The molecule has 2 aromatic heterocycles. The standard InChI is InChI=1S/C20H20N2O4S/c1-4-25-19(23)16-12(2)17(21-13(16)3)20(24)26-10-15-11-27-18(22-15)14-8-6-5-7-9-14/h5-9,11,21H,4,10H2,1-3H3. The number of ether oxygens (including phenoxy) is 2. The minimum atomic E-state index is -0.527. The minimum Gasteiger partial charge on any atom is -0.462 e. The number of nitrogens with zero attached hydrogens (tertiary/aromatic N) is 1. The lowest BCUT2D eigenvalue weighted by Gasteiger charge is -2.04. The fourth-order valence-electron chi connectivity index (χ4n) is 2.76. The zero-order valence-electron chi connectivity index (χ0n) is 15.4. The Morgan fingerprint density at radius 3 is 2.56 bits per heavy atom. The van der Waals surface area contributed by atoms with Gasteiger partial charge in [-0.15, -0.1) is 11.3 Å². The second-order valence-electron chi connectivity index (χ2n) is 5.93. The molecule has 0 spiro atoms. The molecule has 0 saturated carbocycles. The molecule has 1 N–H and O–H groups in total. The number of aromatic nitrogens is 2. The summed E-state index contributed by atoms with van der Waals surface area (Å²) in [6.07, 6.45) is 0. The van der Waals surface area contributed by atoms with Gasteiger partial charge in [0.05, 0.1) is 17.9 Å². The lowest BCUT2D eigenvalue weighted by molar-refractivity contribution is 0.0461. The van der Waals surface area contributed by atoms with E-state index in [0.717, 1.165) is 10.6 Å². The number of carbonyl (C=O) groups is 2. The van der Waals surface area contributed by atoms with Crippen molar-refractivity contribution in [1.29, 1.82) is 0 Å². The van der Waals surface area contributed by atoms with Crippen molar-refractivity contribution >= 4 is 23.3 Å². The zero-order valence-corrected chi connectivity index (χ0v) is 16.2. The molecule has 1 aromatic carbocycles. The van der Waals surface area contributed by atoms with Crippen LogP contribution in [-0.4, -0.2) is 28.5 Å². The third-order valence-electron chi connectivity index (χ3n) is 4.04. The van der Waals surface area contributed by atoms with Crippen LogP contribution in [0.5, 0.6) is 0 Å². The van der Waals surface area contributed by atoms with E-state index >= 15 is 0 Å². The van der Waals surface area contributed by atoms with Gasteiger partial charge in [0.2, 0.25) is 0 Å². The average molecular weight is 384 g/mol. The summed E-state index contributed by atoms with van der Waals surface area (Å²) in [5.41, 5.74) is 3.45. The summed E-state index contributed by atoms with van der Waals surface area (Å²) in [5, 5.41) is 2.74. The van der Waals surface area contributed by atoms with E-state index in [4.69, 9.17) is 9.47 Å². The van der Waals surface area contributed by atoms with Gasteiger partial charge in [0, 0.05) is 16.6 Å². The van der Waals surface area contributed by atoms with Gasteiger partial charge in [0.15, 0.2) is 0 Å². The largest absolute Gasteiger partial charge is 0.462 e. The van der Waals surface area contributed by atoms with E-state index in [1.807, 2.05) is 35.7 Å². The van der Waals surface area contributed by atoms with Crippen LogP contribution in [0.1, 0.15) is 44.7 Å². The Hall–Kier alpha value is -2.93. The Morgan fingerprint density at radius 1 is 1.11 bits per heavy atom. The number of nitrogens with one attached hydrogen (secondary N) is 1. The van der Waals surface area contributed by atoms with E-state index in [-0.39, 0.29) is 18.9 Å². The number of carbonyl (C=O) groups excluding carboxylic acids is 2. The predicted octanol–water partition coefficient (Wildman–Crippen LogP) is 4.29. The lowest BCUT2D eigenvalue weighted by atomic mass is 10.1. The van der Waals surface area contributed by atoms with Crippen molar-refractivity contribution in [3.05, 3.63) is 63.9 Å². The summed E-state index contributed by atoms with van der Waals surface area (Å²) in [6, 6.07) is 9.82. The maximum Gasteiger partial charge on any atom is 0.355 e. The van der Waals surface area contributed by atoms with Crippen LogP contribution >= 0.6 is 11.3 Å². The van der Waals surface area contributed by atoms with E-state index in [1.54, 1.807) is 20.8 Å². The Bertz CT molecular complexity index is 960. The van der Waals surface area contributed by atoms with Gasteiger partial charge in [-0.25, -0.2) is 14.6 Å². The van der Waals surface area contributed by atoms with E-state index < -0.39 is 11.9 Å². The Balaban J connectivity index is 1.69. The summed E-state index contributed by atoms with van der Waals surface area (Å²) in [6.45, 7) is 5.50. The molecule has 0 radical (unpaired) electrons. The average Bonchev–Trinajstić information content (AvgIpc) is 3.25. The van der Waals surface area contributed by atoms with Crippen LogP contribution in [0.3, 0.4) is 0 Å². The summed E-state index contributed by atoms with van der Waals surface area (Å²) >= 11 is 1.50. The third-order valence-corrected chi connectivity index (χ3v) is 4.98. The number of rotatable bonds is 6. The molecule has 27 heavy (non-hydrogen) atoms. The molecule has 0 fully saturated rings. The highest BCUT2D eigenvalue weighted by Crippen LogP contribution is 2.24. The van der Waals surface area contributed by atoms with Crippen molar-refractivity contribution < 1.29 is 19.1 Å². The molecule has 0 aliphatic rings. The molecule has 140 valence electrons. The van der Waals surface area contributed by atoms with Crippen molar-refractivity contribution in [3.63, 3.8) is 0 Å². The normalized spacial score (nSPS) is 10.6. The molecule has 0 bridgehead atoms. The number of H-pyrrole nitrogens is 1. The zero-order chi connectivity index (χ0) is 19.4. The van der Waals surface area contributed by atoms with Crippen molar-refractivity contribution in [3.8, 4) is 10.6 Å². The van der Waals surface area contributed by atoms with Crippen molar-refractivity contribution in [2.75, 3.05) is 6.61 Å². The fraction of sp³-hybridized carbons (Fsp3) is 0.250. The van der Waals surface area contributed by atoms with Crippen molar-refractivity contribution in [2.45, 2.75) is 27.4 Å². The van der Waals surface area contributed by atoms with E-state index in [0.29, 0.717) is 22.5 Å². The third kappa shape index (κ3) is 4.09. The number of hydrogen-bond donors (Lipinski definition) is 1. The molecule has 0 aliphatic heterocycles. The first-order chi connectivity index (χ1) is 13.0.